The van der Waals surface area contributed by atoms with Crippen molar-refractivity contribution in [2.45, 2.75) is 97.3 Å². The first kappa shape index (κ1) is 15.1. The van der Waals surface area contributed by atoms with E-state index in [1.54, 1.807) is 0 Å². The second-order valence-corrected chi connectivity index (χ2v) is 6.60. The van der Waals surface area contributed by atoms with Gasteiger partial charge in [0.05, 0.1) is 0 Å². The molecule has 1 saturated carbocycles. The Kier molecular flexibility index (Phi) is 8.83. The molecule has 17 heavy (non-hydrogen) atoms. The molecule has 0 radical (unpaired) electrons. The van der Waals surface area contributed by atoms with Gasteiger partial charge in [-0.25, -0.2) is 0 Å². The van der Waals surface area contributed by atoms with Gasteiger partial charge in [0.25, 0.3) is 0 Å². The largest absolute Gasteiger partial charge is 0.0628 e. The molecule has 0 heteroatoms. The summed E-state index contributed by atoms with van der Waals surface area (Å²) >= 11 is 0. The van der Waals surface area contributed by atoms with Gasteiger partial charge in [-0.2, -0.15) is 0 Å². The minimum Gasteiger partial charge on any atom is -0.0628 e. The zero-order chi connectivity index (χ0) is 12.3. The molecule has 0 aromatic heterocycles. The van der Waals surface area contributed by atoms with E-state index in [-0.39, 0.29) is 0 Å². The van der Waals surface area contributed by atoms with Crippen LogP contribution in [0.15, 0.2) is 0 Å². The maximum atomic E-state index is 2.37. The predicted octanol–water partition coefficient (Wildman–Crippen LogP) is 6.34. The van der Waals surface area contributed by atoms with E-state index in [4.69, 9.17) is 0 Å². The van der Waals surface area contributed by atoms with Gasteiger partial charge in [0, 0.05) is 0 Å². The molecule has 0 unspecified atom stereocenters. The fourth-order valence-electron chi connectivity index (χ4n) is 3.11. The third-order valence-corrected chi connectivity index (χ3v) is 4.38. The van der Waals surface area contributed by atoms with Crippen LogP contribution in [0, 0.1) is 11.8 Å². The molecular formula is C17H34. The van der Waals surface area contributed by atoms with Crippen LogP contribution in [0.1, 0.15) is 97.3 Å². The van der Waals surface area contributed by atoms with Gasteiger partial charge in [-0.05, 0) is 11.8 Å². The topological polar surface area (TPSA) is 0 Å². The second-order valence-electron chi connectivity index (χ2n) is 6.60. The van der Waals surface area contributed by atoms with E-state index >= 15 is 0 Å². The fraction of sp³-hybridized carbons (Fsp3) is 1.00. The monoisotopic (exact) mass is 238 g/mol. The molecule has 1 fully saturated rings. The Bertz CT molecular complexity index is 147. The van der Waals surface area contributed by atoms with Crippen molar-refractivity contribution in [3.8, 4) is 0 Å². The van der Waals surface area contributed by atoms with E-state index < -0.39 is 0 Å². The first-order valence-electron chi connectivity index (χ1n) is 8.29. The summed E-state index contributed by atoms with van der Waals surface area (Å²) in [6, 6.07) is 0. The van der Waals surface area contributed by atoms with Crippen LogP contribution in [0.25, 0.3) is 0 Å². The SMILES string of the molecule is CC(C)CCC1CCCCCCCCCCC1. The summed E-state index contributed by atoms with van der Waals surface area (Å²) in [5.74, 6) is 1.95. The van der Waals surface area contributed by atoms with Crippen molar-refractivity contribution in [1.82, 2.24) is 0 Å². The highest BCUT2D eigenvalue weighted by Crippen LogP contribution is 2.25. The Hall–Kier alpha value is 0. The Morgan fingerprint density at radius 2 is 1.12 bits per heavy atom. The van der Waals surface area contributed by atoms with Crippen LogP contribution in [0.5, 0.6) is 0 Å². The lowest BCUT2D eigenvalue weighted by Crippen LogP contribution is -2.03. The molecule has 0 amide bonds. The van der Waals surface area contributed by atoms with Crippen LogP contribution in [0.4, 0.5) is 0 Å². The molecule has 1 aliphatic rings. The molecule has 0 saturated heterocycles. The van der Waals surface area contributed by atoms with E-state index in [0.29, 0.717) is 0 Å². The molecule has 1 rings (SSSR count). The van der Waals surface area contributed by atoms with Crippen LogP contribution in [-0.2, 0) is 0 Å². The van der Waals surface area contributed by atoms with Crippen molar-refractivity contribution in [3.63, 3.8) is 0 Å². The van der Waals surface area contributed by atoms with Crippen molar-refractivity contribution in [2.75, 3.05) is 0 Å². The van der Waals surface area contributed by atoms with Gasteiger partial charge in [0.1, 0.15) is 0 Å². The first-order chi connectivity index (χ1) is 8.29. The Morgan fingerprint density at radius 3 is 1.53 bits per heavy atom. The lowest BCUT2D eigenvalue weighted by Gasteiger charge is -2.18. The van der Waals surface area contributed by atoms with Gasteiger partial charge in [0.15, 0.2) is 0 Å². The van der Waals surface area contributed by atoms with Crippen molar-refractivity contribution >= 4 is 0 Å². The third-order valence-electron chi connectivity index (χ3n) is 4.38. The van der Waals surface area contributed by atoms with E-state index in [0.717, 1.165) is 11.8 Å². The van der Waals surface area contributed by atoms with E-state index in [9.17, 15) is 0 Å². The molecule has 0 aliphatic heterocycles. The predicted molar refractivity (Wildman–Crippen MR) is 78.3 cm³/mol. The fourth-order valence-corrected chi connectivity index (χ4v) is 3.11. The zero-order valence-corrected chi connectivity index (χ0v) is 12.3. The van der Waals surface area contributed by atoms with Crippen LogP contribution < -0.4 is 0 Å². The van der Waals surface area contributed by atoms with Gasteiger partial charge in [-0.3, -0.25) is 0 Å². The summed E-state index contributed by atoms with van der Waals surface area (Å²) < 4.78 is 0. The van der Waals surface area contributed by atoms with Crippen molar-refractivity contribution in [3.05, 3.63) is 0 Å². The number of rotatable bonds is 3. The zero-order valence-electron chi connectivity index (χ0n) is 12.3. The van der Waals surface area contributed by atoms with Crippen LogP contribution in [0.2, 0.25) is 0 Å². The second kappa shape index (κ2) is 9.97. The lowest BCUT2D eigenvalue weighted by molar-refractivity contribution is 0.347. The highest BCUT2D eigenvalue weighted by molar-refractivity contribution is 4.63. The summed E-state index contributed by atoms with van der Waals surface area (Å²) in [7, 11) is 0. The smallest absolute Gasteiger partial charge is 0.0414 e. The summed E-state index contributed by atoms with van der Waals surface area (Å²) in [5.41, 5.74) is 0. The van der Waals surface area contributed by atoms with Gasteiger partial charge >= 0.3 is 0 Å². The first-order valence-corrected chi connectivity index (χ1v) is 8.29. The van der Waals surface area contributed by atoms with Crippen molar-refractivity contribution < 1.29 is 0 Å². The molecular weight excluding hydrogens is 204 g/mol. The van der Waals surface area contributed by atoms with Gasteiger partial charge < -0.3 is 0 Å². The van der Waals surface area contributed by atoms with Gasteiger partial charge in [-0.1, -0.05) is 97.3 Å². The maximum absolute atomic E-state index is 2.37. The Labute approximate surface area is 110 Å². The molecule has 0 spiro atoms. The third kappa shape index (κ3) is 8.69. The van der Waals surface area contributed by atoms with Crippen molar-refractivity contribution in [2.24, 2.45) is 11.8 Å². The average molecular weight is 238 g/mol. The molecule has 1 aliphatic carbocycles. The molecule has 0 aromatic rings. The molecule has 0 nitrogen and oxygen atoms in total. The Morgan fingerprint density at radius 1 is 0.706 bits per heavy atom. The van der Waals surface area contributed by atoms with Gasteiger partial charge in [0.2, 0.25) is 0 Å². The lowest BCUT2D eigenvalue weighted by atomic mass is 9.88. The minimum atomic E-state index is 0.899. The van der Waals surface area contributed by atoms with Crippen molar-refractivity contribution in [1.29, 1.82) is 0 Å². The standard InChI is InChI=1S/C17H34/c1-16(2)14-15-17-12-10-8-6-4-3-5-7-9-11-13-17/h16-17H,3-15H2,1-2H3. The highest BCUT2D eigenvalue weighted by atomic mass is 14.2. The summed E-state index contributed by atoms with van der Waals surface area (Å²) in [6.07, 6.45) is 19.5. The molecule has 102 valence electrons. The quantitative estimate of drug-likeness (QED) is 0.538. The summed E-state index contributed by atoms with van der Waals surface area (Å²) in [5, 5.41) is 0. The van der Waals surface area contributed by atoms with Crippen LogP contribution in [0.3, 0.4) is 0 Å². The Balaban J connectivity index is 2.22. The van der Waals surface area contributed by atoms with E-state index in [1.165, 1.54) is 83.5 Å². The molecule has 0 bridgehead atoms. The molecule has 0 N–H and O–H groups in total. The number of hydrogen-bond donors (Lipinski definition) is 0. The minimum absolute atomic E-state index is 0.899. The maximum Gasteiger partial charge on any atom is -0.0414 e. The summed E-state index contributed by atoms with van der Waals surface area (Å²) in [6.45, 7) is 4.74. The van der Waals surface area contributed by atoms with Crippen LogP contribution >= 0.6 is 0 Å². The number of hydrogen-bond acceptors (Lipinski definition) is 0. The average Bonchev–Trinajstić information content (AvgIpc) is 2.28. The normalized spacial score (nSPS) is 22.1. The van der Waals surface area contributed by atoms with E-state index in [1.807, 2.05) is 0 Å². The van der Waals surface area contributed by atoms with Crippen LogP contribution in [-0.4, -0.2) is 0 Å². The molecule has 0 heterocycles. The molecule has 0 atom stereocenters. The highest BCUT2D eigenvalue weighted by Gasteiger charge is 2.10. The summed E-state index contributed by atoms with van der Waals surface area (Å²) in [4.78, 5) is 0. The van der Waals surface area contributed by atoms with E-state index in [2.05, 4.69) is 13.8 Å². The van der Waals surface area contributed by atoms with Gasteiger partial charge in [-0.15, -0.1) is 0 Å². The molecule has 0 aromatic carbocycles.